The maximum Gasteiger partial charge on any atom is 0.410 e. The monoisotopic (exact) mass is 542 g/mol. The molecule has 2 spiro atoms. The van der Waals surface area contributed by atoms with Crippen LogP contribution in [0.2, 0.25) is 0 Å². The van der Waals surface area contributed by atoms with Crippen LogP contribution in [0.25, 0.3) is 0 Å². The summed E-state index contributed by atoms with van der Waals surface area (Å²) in [6.45, 7) is 17.4. The molecule has 4 rings (SSSR count). The van der Waals surface area contributed by atoms with Crippen LogP contribution in [0.5, 0.6) is 0 Å². The van der Waals surface area contributed by atoms with Crippen molar-refractivity contribution in [2.45, 2.75) is 102 Å². The van der Waals surface area contributed by atoms with E-state index in [4.69, 9.17) is 29.3 Å². The second-order valence-electron chi connectivity index (χ2n) is 12.8. The molecule has 4 fully saturated rings. The number of carbonyl (C=O) groups excluding carboxylic acids is 4. The number of nitrogens with zero attached hydrogens (tertiary/aromatic N) is 2. The second kappa shape index (κ2) is 12.5. The van der Waals surface area contributed by atoms with Crippen LogP contribution in [0.15, 0.2) is 0 Å². The normalized spacial score (nSPS) is 26.5. The van der Waals surface area contributed by atoms with Gasteiger partial charge in [0.15, 0.2) is 0 Å². The Morgan fingerprint density at radius 1 is 0.658 bits per heavy atom. The standard InChI is InChI=1S/2C12H22N2O2.C2H2O4/c2*1-11(2,3)16-10(15)14-8-4-5-12(9-14)6-7-13-12;3-1(4)2(5)6/h2*13H,4-9H2,1-3H3;(H,3,4)(H,5,6). The van der Waals surface area contributed by atoms with Gasteiger partial charge in [-0.1, -0.05) is 0 Å². The quantitative estimate of drug-likeness (QED) is 0.329. The Morgan fingerprint density at radius 2 is 0.974 bits per heavy atom. The maximum absolute atomic E-state index is 11.9. The molecule has 0 aliphatic carbocycles. The van der Waals surface area contributed by atoms with Gasteiger partial charge in [0.25, 0.3) is 0 Å². The first-order valence-electron chi connectivity index (χ1n) is 13.5. The van der Waals surface area contributed by atoms with Crippen molar-refractivity contribution in [1.29, 1.82) is 0 Å². The Bertz CT molecular complexity index is 786. The molecule has 4 N–H and O–H groups in total. The van der Waals surface area contributed by atoms with Gasteiger partial charge in [0.1, 0.15) is 22.3 Å². The van der Waals surface area contributed by atoms with E-state index in [1.54, 1.807) is 0 Å². The molecular weight excluding hydrogens is 496 g/mol. The summed E-state index contributed by atoms with van der Waals surface area (Å²) in [7, 11) is 0. The van der Waals surface area contributed by atoms with E-state index in [2.05, 4.69) is 10.6 Å². The minimum atomic E-state index is -2.19. The summed E-state index contributed by atoms with van der Waals surface area (Å²) < 4.78 is 10.8. The fourth-order valence-corrected chi connectivity index (χ4v) is 5.13. The average molecular weight is 543 g/mol. The van der Waals surface area contributed by atoms with Gasteiger partial charge in [0.2, 0.25) is 0 Å². The van der Waals surface area contributed by atoms with Crippen LogP contribution in [0.3, 0.4) is 0 Å². The minimum absolute atomic E-state index is 0.146. The third-order valence-corrected chi connectivity index (χ3v) is 7.13. The number of nitrogens with two attached hydrogens (primary N) is 2. The number of ether oxygens (including phenoxy) is 2. The van der Waals surface area contributed by atoms with E-state index in [0.29, 0.717) is 11.1 Å². The lowest BCUT2D eigenvalue weighted by atomic mass is 9.80. The first-order chi connectivity index (χ1) is 17.4. The highest BCUT2D eigenvalue weighted by molar-refractivity contribution is 6.25. The summed E-state index contributed by atoms with van der Waals surface area (Å²) in [5, 5.41) is 22.6. The van der Waals surface area contributed by atoms with Gasteiger partial charge < -0.3 is 49.7 Å². The fraction of sp³-hybridized carbons (Fsp3) is 0.846. The van der Waals surface area contributed by atoms with Crippen LogP contribution in [-0.4, -0.2) is 95.5 Å². The van der Waals surface area contributed by atoms with E-state index >= 15 is 0 Å². The van der Waals surface area contributed by atoms with Crippen molar-refractivity contribution in [3.8, 4) is 0 Å². The Hall–Kier alpha value is -2.60. The van der Waals surface area contributed by atoms with Gasteiger partial charge in [-0.2, -0.15) is 0 Å². The van der Waals surface area contributed by atoms with Crippen molar-refractivity contribution < 1.29 is 49.5 Å². The van der Waals surface area contributed by atoms with Crippen LogP contribution in [0.4, 0.5) is 9.59 Å². The summed E-state index contributed by atoms with van der Waals surface area (Å²) >= 11 is 0. The molecule has 4 heterocycles. The lowest BCUT2D eigenvalue weighted by Crippen LogP contribution is -3.07. The number of likely N-dealkylation sites (tertiary alicyclic amines) is 2. The molecule has 4 aliphatic heterocycles. The summed E-state index contributed by atoms with van der Waals surface area (Å²) in [5.41, 5.74) is -0.111. The Morgan fingerprint density at radius 3 is 1.18 bits per heavy atom. The molecule has 4 aliphatic rings. The van der Waals surface area contributed by atoms with Crippen molar-refractivity contribution >= 4 is 24.1 Å². The van der Waals surface area contributed by atoms with Gasteiger partial charge in [-0.15, -0.1) is 0 Å². The molecule has 0 aromatic heterocycles. The molecule has 0 aromatic carbocycles. The third kappa shape index (κ3) is 9.94. The predicted molar refractivity (Wildman–Crippen MR) is 132 cm³/mol. The molecule has 12 heteroatoms. The van der Waals surface area contributed by atoms with Crippen LogP contribution in [0.1, 0.15) is 80.1 Å². The zero-order valence-corrected chi connectivity index (χ0v) is 23.8. The van der Waals surface area contributed by atoms with Gasteiger partial charge in [0.05, 0.1) is 51.0 Å². The first kappa shape index (κ1) is 31.6. The highest BCUT2D eigenvalue weighted by Crippen LogP contribution is 2.26. The molecule has 0 radical (unpaired) electrons. The smallest absolute Gasteiger partial charge is 0.410 e. The fourth-order valence-electron chi connectivity index (χ4n) is 5.13. The lowest BCUT2D eigenvalue weighted by molar-refractivity contribution is -0.785. The van der Waals surface area contributed by atoms with E-state index in [1.165, 1.54) is 38.8 Å². The highest BCUT2D eigenvalue weighted by atomic mass is 16.6. The Labute approximate surface area is 225 Å². The highest BCUT2D eigenvalue weighted by Gasteiger charge is 2.47. The van der Waals surface area contributed by atoms with Crippen molar-refractivity contribution in [2.24, 2.45) is 0 Å². The molecule has 2 amide bonds. The molecule has 0 aromatic rings. The van der Waals surface area contributed by atoms with E-state index in [-0.39, 0.29) is 23.4 Å². The number of hydrogen-bond donors (Lipinski definition) is 2. The minimum Gasteiger partial charge on any atom is -0.543 e. The molecule has 218 valence electrons. The topological polar surface area (TPSA) is 173 Å². The zero-order valence-electron chi connectivity index (χ0n) is 23.8. The molecule has 12 nitrogen and oxygen atoms in total. The van der Waals surface area contributed by atoms with Crippen molar-refractivity contribution in [1.82, 2.24) is 9.80 Å². The Balaban J connectivity index is 0.000000221. The van der Waals surface area contributed by atoms with Crippen molar-refractivity contribution in [3.05, 3.63) is 0 Å². The number of quaternary nitrogens is 2. The summed E-state index contributed by atoms with van der Waals surface area (Å²) in [5.74, 6) is -4.37. The maximum atomic E-state index is 11.9. The lowest BCUT2D eigenvalue weighted by Gasteiger charge is -2.45. The number of carboxylic acids is 2. The summed E-state index contributed by atoms with van der Waals surface area (Å²) in [4.78, 5) is 45.5. The molecule has 0 bridgehead atoms. The molecular formula is C26H46N4O8. The number of piperidine rings is 2. The predicted octanol–water partition coefficient (Wildman–Crippen LogP) is -2.07. The van der Waals surface area contributed by atoms with E-state index in [0.717, 1.165) is 39.0 Å². The number of rotatable bonds is 0. The summed E-state index contributed by atoms with van der Waals surface area (Å²) in [6.07, 6.45) is 6.89. The third-order valence-electron chi connectivity index (χ3n) is 7.13. The second-order valence-corrected chi connectivity index (χ2v) is 12.8. The van der Waals surface area contributed by atoms with E-state index in [1.807, 2.05) is 51.3 Å². The van der Waals surface area contributed by atoms with Gasteiger partial charge in [-0.3, -0.25) is 0 Å². The Kier molecular flexibility index (Phi) is 10.4. The molecule has 0 saturated carbocycles. The van der Waals surface area contributed by atoms with Crippen LogP contribution in [-0.2, 0) is 19.1 Å². The number of hydrogen-bond acceptors (Lipinski definition) is 8. The van der Waals surface area contributed by atoms with E-state index < -0.39 is 11.9 Å². The SMILES string of the molecule is CC(C)(C)OC(=O)N1CCCC2(CC[NH2+]2)C1.CC(C)(C)OC(=O)N1CCCC2(CC[NH2+]2)C1.O=C([O-])C(=O)[O-]. The number of carbonyl (C=O) groups is 4. The first-order valence-corrected chi connectivity index (χ1v) is 13.5. The molecule has 2 atom stereocenters. The largest absolute Gasteiger partial charge is 0.543 e. The van der Waals surface area contributed by atoms with Crippen molar-refractivity contribution in [3.63, 3.8) is 0 Å². The van der Waals surface area contributed by atoms with Gasteiger partial charge >= 0.3 is 12.2 Å². The molecule has 2 unspecified atom stereocenters. The van der Waals surface area contributed by atoms with Crippen molar-refractivity contribution in [2.75, 3.05) is 39.3 Å². The van der Waals surface area contributed by atoms with E-state index in [9.17, 15) is 9.59 Å². The van der Waals surface area contributed by atoms with Gasteiger partial charge in [0, 0.05) is 25.9 Å². The number of aliphatic carboxylic acids is 2. The van der Waals surface area contributed by atoms with Crippen LogP contribution >= 0.6 is 0 Å². The summed E-state index contributed by atoms with van der Waals surface area (Å²) in [6, 6.07) is 0. The number of amides is 2. The van der Waals surface area contributed by atoms with Crippen LogP contribution in [0, 0.1) is 0 Å². The van der Waals surface area contributed by atoms with Crippen LogP contribution < -0.4 is 20.8 Å². The number of carboxylic acid groups (broad SMARTS) is 2. The molecule has 38 heavy (non-hydrogen) atoms. The van der Waals surface area contributed by atoms with Gasteiger partial charge in [-0.25, -0.2) is 9.59 Å². The van der Waals surface area contributed by atoms with Gasteiger partial charge in [-0.05, 0) is 54.4 Å². The molecule has 4 saturated heterocycles. The zero-order chi connectivity index (χ0) is 28.8. The average Bonchev–Trinajstić information content (AvgIpc) is 2.75.